The van der Waals surface area contributed by atoms with Gasteiger partial charge in [0.1, 0.15) is 5.76 Å². The molecule has 1 N–H and O–H groups in total. The highest BCUT2D eigenvalue weighted by atomic mass is 16.5. The molecule has 18 heavy (non-hydrogen) atoms. The molecule has 1 aromatic carbocycles. The van der Waals surface area contributed by atoms with Crippen LogP contribution in [-0.2, 0) is 0 Å². The topological polar surface area (TPSA) is 38.1 Å². The Bertz CT molecular complexity index is 527. The second-order valence-electron chi connectivity index (χ2n) is 4.94. The molecule has 1 aromatic heterocycles. The van der Waals surface area contributed by atoms with Crippen molar-refractivity contribution in [2.24, 2.45) is 0 Å². The van der Waals surface area contributed by atoms with Crippen molar-refractivity contribution in [1.82, 2.24) is 10.5 Å². The van der Waals surface area contributed by atoms with Crippen LogP contribution in [0.1, 0.15) is 30.1 Å². The molecule has 0 radical (unpaired) electrons. The summed E-state index contributed by atoms with van der Waals surface area (Å²) in [6, 6.07) is 8.42. The van der Waals surface area contributed by atoms with Gasteiger partial charge in [0.05, 0.1) is 6.20 Å². The molecule has 3 nitrogen and oxygen atoms in total. The van der Waals surface area contributed by atoms with Crippen molar-refractivity contribution in [2.45, 2.75) is 25.7 Å². The van der Waals surface area contributed by atoms with E-state index in [0.717, 1.165) is 31.7 Å². The molecule has 1 saturated heterocycles. The highest BCUT2D eigenvalue weighted by Crippen LogP contribution is 2.35. The smallest absolute Gasteiger partial charge is 0.147 e. The molecule has 1 aliphatic heterocycles. The molecule has 3 heteroatoms. The van der Waals surface area contributed by atoms with E-state index in [2.05, 4.69) is 41.7 Å². The molecule has 3 rings (SSSR count). The summed E-state index contributed by atoms with van der Waals surface area (Å²) < 4.78 is 5.54. The summed E-state index contributed by atoms with van der Waals surface area (Å²) in [5, 5.41) is 7.40. The molecule has 0 atom stereocenters. The SMILES string of the molecule is Cc1ccccc1-c1cnoc1C1CCNCC1. The highest BCUT2D eigenvalue weighted by molar-refractivity contribution is 5.68. The van der Waals surface area contributed by atoms with Crippen molar-refractivity contribution in [2.75, 3.05) is 13.1 Å². The van der Waals surface area contributed by atoms with Crippen LogP contribution < -0.4 is 5.32 Å². The van der Waals surface area contributed by atoms with E-state index in [1.54, 1.807) is 0 Å². The summed E-state index contributed by atoms with van der Waals surface area (Å²) in [5.41, 5.74) is 3.68. The predicted octanol–water partition coefficient (Wildman–Crippen LogP) is 3.12. The Hall–Kier alpha value is -1.61. The van der Waals surface area contributed by atoms with Crippen molar-refractivity contribution < 1.29 is 4.52 Å². The van der Waals surface area contributed by atoms with E-state index in [4.69, 9.17) is 4.52 Å². The van der Waals surface area contributed by atoms with E-state index in [-0.39, 0.29) is 0 Å². The molecule has 0 amide bonds. The van der Waals surface area contributed by atoms with Crippen LogP contribution in [0.4, 0.5) is 0 Å². The molecule has 0 aliphatic carbocycles. The largest absolute Gasteiger partial charge is 0.360 e. The number of aryl methyl sites for hydroxylation is 1. The zero-order chi connectivity index (χ0) is 12.4. The minimum absolute atomic E-state index is 0.503. The van der Waals surface area contributed by atoms with Gasteiger partial charge in [-0.25, -0.2) is 0 Å². The molecule has 2 heterocycles. The molecule has 94 valence electrons. The van der Waals surface area contributed by atoms with Gasteiger partial charge in [-0.3, -0.25) is 0 Å². The van der Waals surface area contributed by atoms with Crippen LogP contribution in [0.25, 0.3) is 11.1 Å². The Kier molecular flexibility index (Phi) is 3.15. The molecule has 0 unspecified atom stereocenters. The standard InChI is InChI=1S/C15H18N2O/c1-11-4-2-3-5-13(11)14-10-17-18-15(14)12-6-8-16-9-7-12/h2-5,10,12,16H,6-9H2,1H3. The lowest BCUT2D eigenvalue weighted by Gasteiger charge is -2.21. The van der Waals surface area contributed by atoms with Gasteiger partial charge in [0.2, 0.25) is 0 Å². The van der Waals surface area contributed by atoms with Crippen LogP contribution in [0.3, 0.4) is 0 Å². The van der Waals surface area contributed by atoms with E-state index in [0.29, 0.717) is 5.92 Å². The van der Waals surface area contributed by atoms with Gasteiger partial charge in [0.25, 0.3) is 0 Å². The van der Waals surface area contributed by atoms with Crippen molar-refractivity contribution >= 4 is 0 Å². The number of aromatic nitrogens is 1. The third-order valence-electron chi connectivity index (χ3n) is 3.74. The van der Waals surface area contributed by atoms with Crippen molar-refractivity contribution in [3.05, 3.63) is 41.8 Å². The average molecular weight is 242 g/mol. The maximum Gasteiger partial charge on any atom is 0.147 e. The van der Waals surface area contributed by atoms with Crippen LogP contribution in [0, 0.1) is 6.92 Å². The summed E-state index contributed by atoms with van der Waals surface area (Å²) in [6.07, 6.45) is 4.13. The molecule has 0 saturated carbocycles. The molecular formula is C15H18N2O. The van der Waals surface area contributed by atoms with Crippen molar-refractivity contribution in [3.8, 4) is 11.1 Å². The third-order valence-corrected chi connectivity index (χ3v) is 3.74. The molecular weight excluding hydrogens is 224 g/mol. The zero-order valence-corrected chi connectivity index (χ0v) is 10.6. The summed E-state index contributed by atoms with van der Waals surface area (Å²) >= 11 is 0. The van der Waals surface area contributed by atoms with E-state index in [9.17, 15) is 0 Å². The first-order chi connectivity index (χ1) is 8.86. The lowest BCUT2D eigenvalue weighted by atomic mass is 9.90. The van der Waals surface area contributed by atoms with E-state index < -0.39 is 0 Å². The predicted molar refractivity (Wildman–Crippen MR) is 71.5 cm³/mol. The van der Waals surface area contributed by atoms with Crippen LogP contribution in [0.2, 0.25) is 0 Å². The van der Waals surface area contributed by atoms with Gasteiger partial charge >= 0.3 is 0 Å². The minimum Gasteiger partial charge on any atom is -0.360 e. The average Bonchev–Trinajstić information content (AvgIpc) is 2.89. The first kappa shape index (κ1) is 11.5. The van der Waals surface area contributed by atoms with Crippen LogP contribution in [0.5, 0.6) is 0 Å². The molecule has 1 fully saturated rings. The third kappa shape index (κ3) is 2.06. The van der Waals surface area contributed by atoms with Crippen LogP contribution >= 0.6 is 0 Å². The van der Waals surface area contributed by atoms with Gasteiger partial charge in [-0.15, -0.1) is 0 Å². The number of piperidine rings is 1. The van der Waals surface area contributed by atoms with Crippen LogP contribution in [0.15, 0.2) is 35.0 Å². The highest BCUT2D eigenvalue weighted by Gasteiger charge is 2.23. The van der Waals surface area contributed by atoms with Gasteiger partial charge in [-0.2, -0.15) is 0 Å². The Morgan fingerprint density at radius 2 is 1.94 bits per heavy atom. The Labute approximate surface area is 107 Å². The minimum atomic E-state index is 0.503. The van der Waals surface area contributed by atoms with Gasteiger partial charge in [-0.1, -0.05) is 29.4 Å². The van der Waals surface area contributed by atoms with Crippen molar-refractivity contribution in [3.63, 3.8) is 0 Å². The quantitative estimate of drug-likeness (QED) is 0.879. The normalized spacial score (nSPS) is 16.9. The Morgan fingerprint density at radius 3 is 2.72 bits per heavy atom. The number of hydrogen-bond donors (Lipinski definition) is 1. The number of nitrogens with one attached hydrogen (secondary N) is 1. The number of hydrogen-bond acceptors (Lipinski definition) is 3. The Balaban J connectivity index is 1.98. The second-order valence-corrected chi connectivity index (χ2v) is 4.94. The van der Waals surface area contributed by atoms with E-state index in [1.165, 1.54) is 16.7 Å². The monoisotopic (exact) mass is 242 g/mol. The maximum atomic E-state index is 5.54. The summed E-state index contributed by atoms with van der Waals surface area (Å²) in [6.45, 7) is 4.27. The fourth-order valence-corrected chi connectivity index (χ4v) is 2.70. The second kappa shape index (κ2) is 4.94. The van der Waals surface area contributed by atoms with E-state index in [1.807, 2.05) is 6.20 Å². The first-order valence-electron chi connectivity index (χ1n) is 6.57. The number of benzene rings is 1. The lowest BCUT2D eigenvalue weighted by molar-refractivity contribution is 0.328. The number of nitrogens with zero attached hydrogens (tertiary/aromatic N) is 1. The van der Waals surface area contributed by atoms with Gasteiger partial charge in [-0.05, 0) is 44.0 Å². The summed E-state index contributed by atoms with van der Waals surface area (Å²) in [4.78, 5) is 0. The van der Waals surface area contributed by atoms with Crippen LogP contribution in [-0.4, -0.2) is 18.2 Å². The molecule has 0 spiro atoms. The van der Waals surface area contributed by atoms with E-state index >= 15 is 0 Å². The Morgan fingerprint density at radius 1 is 1.17 bits per heavy atom. The first-order valence-corrected chi connectivity index (χ1v) is 6.57. The lowest BCUT2D eigenvalue weighted by Crippen LogP contribution is -2.26. The summed E-state index contributed by atoms with van der Waals surface area (Å²) in [7, 11) is 0. The maximum absolute atomic E-state index is 5.54. The fraction of sp³-hybridized carbons (Fsp3) is 0.400. The molecule has 0 bridgehead atoms. The summed E-state index contributed by atoms with van der Waals surface area (Å²) in [5.74, 6) is 1.56. The molecule has 1 aliphatic rings. The van der Waals surface area contributed by atoms with Gasteiger partial charge in [0, 0.05) is 11.5 Å². The zero-order valence-electron chi connectivity index (χ0n) is 10.6. The van der Waals surface area contributed by atoms with Gasteiger partial charge in [0.15, 0.2) is 0 Å². The number of rotatable bonds is 2. The fourth-order valence-electron chi connectivity index (χ4n) is 2.70. The van der Waals surface area contributed by atoms with Crippen molar-refractivity contribution in [1.29, 1.82) is 0 Å². The van der Waals surface area contributed by atoms with Gasteiger partial charge < -0.3 is 9.84 Å². The molecule has 2 aromatic rings.